The van der Waals surface area contributed by atoms with E-state index in [1.807, 2.05) is 6.07 Å². The highest BCUT2D eigenvalue weighted by atomic mass is 32.2. The van der Waals surface area contributed by atoms with Crippen LogP contribution in [0.15, 0.2) is 41.6 Å². The summed E-state index contributed by atoms with van der Waals surface area (Å²) in [5.41, 5.74) is 0. The number of nitrogens with one attached hydrogen (secondary N) is 1. The van der Waals surface area contributed by atoms with Crippen LogP contribution in [0.2, 0.25) is 0 Å². The highest BCUT2D eigenvalue weighted by molar-refractivity contribution is 7.89. The topological polar surface area (TPSA) is 88.5 Å². The minimum absolute atomic E-state index is 0.147. The number of fused-ring (bicyclic) bond motifs is 1. The zero-order valence-electron chi connectivity index (χ0n) is 11.7. The Labute approximate surface area is 123 Å². The van der Waals surface area contributed by atoms with E-state index in [2.05, 4.69) is 9.71 Å². The fourth-order valence-electron chi connectivity index (χ4n) is 2.04. The molecular weight excluding hydrogens is 292 g/mol. The number of nitrogens with zero attached hydrogens (tertiary/aromatic N) is 1. The van der Waals surface area contributed by atoms with Gasteiger partial charge < -0.3 is 9.84 Å². The molecule has 0 saturated carbocycles. The monoisotopic (exact) mass is 310 g/mol. The lowest BCUT2D eigenvalue weighted by atomic mass is 10.2. The Kier molecular flexibility index (Phi) is 5.24. The van der Waals surface area contributed by atoms with Gasteiger partial charge in [-0.3, -0.25) is 4.98 Å². The van der Waals surface area contributed by atoms with Gasteiger partial charge in [-0.25, -0.2) is 13.1 Å². The number of aliphatic hydroxyl groups is 1. The van der Waals surface area contributed by atoms with Gasteiger partial charge in [0.15, 0.2) is 0 Å². The lowest BCUT2D eigenvalue weighted by Gasteiger charge is -2.12. The minimum Gasteiger partial charge on any atom is -0.391 e. The maximum atomic E-state index is 12.3. The normalized spacial score (nSPS) is 13.4. The summed E-state index contributed by atoms with van der Waals surface area (Å²) in [5.74, 6) is 0. The van der Waals surface area contributed by atoms with Gasteiger partial charge in [0.1, 0.15) is 0 Å². The number of hydrogen-bond acceptors (Lipinski definition) is 5. The first-order chi connectivity index (χ1) is 10.0. The fourth-order valence-corrected chi connectivity index (χ4v) is 3.32. The first kappa shape index (κ1) is 15.8. The summed E-state index contributed by atoms with van der Waals surface area (Å²) >= 11 is 0. The summed E-state index contributed by atoms with van der Waals surface area (Å²) in [5, 5.41) is 10.9. The molecule has 6 nitrogen and oxygen atoms in total. The van der Waals surface area contributed by atoms with E-state index < -0.39 is 16.1 Å². The molecule has 1 unspecified atom stereocenters. The van der Waals surface area contributed by atoms with E-state index in [4.69, 9.17) is 4.74 Å². The van der Waals surface area contributed by atoms with Gasteiger partial charge in [-0.05, 0) is 18.6 Å². The van der Waals surface area contributed by atoms with Gasteiger partial charge in [-0.2, -0.15) is 0 Å². The van der Waals surface area contributed by atoms with Crippen molar-refractivity contribution in [3.63, 3.8) is 0 Å². The maximum Gasteiger partial charge on any atom is 0.241 e. The molecule has 2 rings (SSSR count). The fraction of sp³-hybridized carbons (Fsp3) is 0.357. The van der Waals surface area contributed by atoms with Crippen molar-refractivity contribution in [2.45, 2.75) is 17.4 Å². The molecule has 0 fully saturated rings. The molecule has 2 N–H and O–H groups in total. The average molecular weight is 310 g/mol. The van der Waals surface area contributed by atoms with Crippen molar-refractivity contribution in [1.82, 2.24) is 9.71 Å². The van der Waals surface area contributed by atoms with E-state index in [1.54, 1.807) is 30.6 Å². The van der Waals surface area contributed by atoms with Crippen LogP contribution in [0.4, 0.5) is 0 Å². The number of aliphatic hydroxyl groups excluding tert-OH is 1. The van der Waals surface area contributed by atoms with E-state index in [9.17, 15) is 13.5 Å². The van der Waals surface area contributed by atoms with Crippen molar-refractivity contribution in [2.75, 3.05) is 20.3 Å². The second-order valence-electron chi connectivity index (χ2n) is 4.65. The Morgan fingerprint density at radius 2 is 2.19 bits per heavy atom. The first-order valence-corrected chi connectivity index (χ1v) is 8.02. The van der Waals surface area contributed by atoms with Gasteiger partial charge in [-0.15, -0.1) is 0 Å². The Morgan fingerprint density at radius 1 is 1.38 bits per heavy atom. The van der Waals surface area contributed by atoms with Crippen LogP contribution in [0.25, 0.3) is 10.8 Å². The third-order valence-electron chi connectivity index (χ3n) is 3.06. The molecule has 0 amide bonds. The van der Waals surface area contributed by atoms with E-state index >= 15 is 0 Å². The number of benzene rings is 1. The van der Waals surface area contributed by atoms with Crippen LogP contribution < -0.4 is 4.72 Å². The third-order valence-corrected chi connectivity index (χ3v) is 4.58. The van der Waals surface area contributed by atoms with Crippen LogP contribution >= 0.6 is 0 Å². The average Bonchev–Trinajstić information content (AvgIpc) is 2.46. The number of methoxy groups -OCH3 is 1. The SMILES string of the molecule is COCC(O)CCNS(=O)(=O)c1cccc2cnccc12. The van der Waals surface area contributed by atoms with E-state index in [0.717, 1.165) is 5.39 Å². The van der Waals surface area contributed by atoms with Gasteiger partial charge in [0, 0.05) is 36.8 Å². The number of sulfonamides is 1. The standard InChI is InChI=1S/C14H18N2O4S/c1-20-10-12(17)5-8-16-21(18,19)14-4-2-3-11-9-15-7-6-13(11)14/h2-4,6-7,9,12,16-17H,5,8,10H2,1H3. The molecule has 0 saturated heterocycles. The number of pyridine rings is 1. The van der Waals surface area contributed by atoms with E-state index in [1.165, 1.54) is 7.11 Å². The summed E-state index contributed by atoms with van der Waals surface area (Å²) < 4.78 is 32.0. The highest BCUT2D eigenvalue weighted by Gasteiger charge is 2.17. The van der Waals surface area contributed by atoms with Crippen molar-refractivity contribution in [3.05, 3.63) is 36.7 Å². The predicted molar refractivity (Wildman–Crippen MR) is 79.4 cm³/mol. The number of ether oxygens (including phenoxy) is 1. The molecule has 21 heavy (non-hydrogen) atoms. The summed E-state index contributed by atoms with van der Waals surface area (Å²) in [6.07, 6.45) is 2.79. The second-order valence-corrected chi connectivity index (χ2v) is 6.38. The zero-order valence-corrected chi connectivity index (χ0v) is 12.5. The lowest BCUT2D eigenvalue weighted by molar-refractivity contribution is 0.0603. The molecule has 1 heterocycles. The van der Waals surface area contributed by atoms with Crippen LogP contribution in [0.1, 0.15) is 6.42 Å². The molecule has 0 radical (unpaired) electrons. The first-order valence-electron chi connectivity index (χ1n) is 6.54. The Hall–Kier alpha value is -1.54. The molecule has 0 aliphatic carbocycles. The van der Waals surface area contributed by atoms with E-state index in [-0.39, 0.29) is 18.0 Å². The molecule has 0 bridgehead atoms. The number of rotatable bonds is 7. The molecule has 1 aromatic heterocycles. The Balaban J connectivity index is 2.15. The number of aromatic nitrogens is 1. The summed E-state index contributed by atoms with van der Waals surface area (Å²) in [7, 11) is -2.14. The second kappa shape index (κ2) is 6.95. The molecule has 7 heteroatoms. The van der Waals surface area contributed by atoms with Crippen LogP contribution in [0, 0.1) is 0 Å². The molecule has 0 aliphatic rings. The van der Waals surface area contributed by atoms with Crippen molar-refractivity contribution in [2.24, 2.45) is 0 Å². The van der Waals surface area contributed by atoms with Gasteiger partial charge in [0.2, 0.25) is 10.0 Å². The summed E-state index contributed by atoms with van der Waals surface area (Å²) in [6.45, 7) is 0.329. The number of hydrogen-bond donors (Lipinski definition) is 2. The van der Waals surface area contributed by atoms with Crippen molar-refractivity contribution >= 4 is 20.8 Å². The molecule has 1 atom stereocenters. The van der Waals surface area contributed by atoms with Crippen LogP contribution in [-0.4, -0.2) is 44.9 Å². The quantitative estimate of drug-likeness (QED) is 0.793. The highest BCUT2D eigenvalue weighted by Crippen LogP contribution is 2.21. The van der Waals surface area contributed by atoms with E-state index in [0.29, 0.717) is 11.8 Å². The molecule has 0 aliphatic heterocycles. The predicted octanol–water partition coefficient (Wildman–Crippen LogP) is 0.910. The maximum absolute atomic E-state index is 12.3. The molecule has 2 aromatic rings. The summed E-state index contributed by atoms with van der Waals surface area (Å²) in [4.78, 5) is 4.19. The molecule has 114 valence electrons. The lowest BCUT2D eigenvalue weighted by Crippen LogP contribution is -2.28. The third kappa shape index (κ3) is 3.98. The van der Waals surface area contributed by atoms with Gasteiger partial charge in [-0.1, -0.05) is 12.1 Å². The van der Waals surface area contributed by atoms with Crippen molar-refractivity contribution in [1.29, 1.82) is 0 Å². The molecule has 1 aromatic carbocycles. The van der Waals surface area contributed by atoms with Gasteiger partial charge >= 0.3 is 0 Å². The molecule has 0 spiro atoms. The van der Waals surface area contributed by atoms with Crippen molar-refractivity contribution in [3.8, 4) is 0 Å². The van der Waals surface area contributed by atoms with Crippen LogP contribution in [-0.2, 0) is 14.8 Å². The van der Waals surface area contributed by atoms with Crippen molar-refractivity contribution < 1.29 is 18.3 Å². The van der Waals surface area contributed by atoms with Crippen LogP contribution in [0.3, 0.4) is 0 Å². The smallest absolute Gasteiger partial charge is 0.241 e. The van der Waals surface area contributed by atoms with Gasteiger partial charge in [0.25, 0.3) is 0 Å². The zero-order chi connectivity index (χ0) is 15.3. The summed E-state index contributed by atoms with van der Waals surface area (Å²) in [6, 6.07) is 6.71. The Bertz CT molecular complexity index is 698. The molecular formula is C14H18N2O4S. The largest absolute Gasteiger partial charge is 0.391 e. The Morgan fingerprint density at radius 3 is 2.95 bits per heavy atom. The van der Waals surface area contributed by atoms with Gasteiger partial charge in [0.05, 0.1) is 17.6 Å². The minimum atomic E-state index is -3.63. The van der Waals surface area contributed by atoms with Crippen LogP contribution in [0.5, 0.6) is 0 Å².